The molecule has 0 saturated heterocycles. The van der Waals surface area contributed by atoms with E-state index in [1.807, 2.05) is 48.1 Å². The zero-order valence-electron chi connectivity index (χ0n) is 9.91. The highest BCUT2D eigenvalue weighted by Crippen LogP contribution is 2.17. The van der Waals surface area contributed by atoms with Crippen molar-refractivity contribution in [3.05, 3.63) is 48.3 Å². The molecule has 0 amide bonds. The van der Waals surface area contributed by atoms with Crippen LogP contribution < -0.4 is 10.5 Å². The maximum atomic E-state index is 5.82. The van der Waals surface area contributed by atoms with E-state index in [0.29, 0.717) is 6.61 Å². The lowest BCUT2D eigenvalue weighted by molar-refractivity contribution is 0.291. The Bertz CT molecular complexity index is 451. The van der Waals surface area contributed by atoms with Crippen LogP contribution in [0.3, 0.4) is 0 Å². The Morgan fingerprint density at radius 1 is 1.41 bits per heavy atom. The minimum Gasteiger partial charge on any atom is -0.492 e. The third-order valence-electron chi connectivity index (χ3n) is 2.53. The fourth-order valence-corrected chi connectivity index (χ4v) is 1.58. The van der Waals surface area contributed by atoms with E-state index >= 15 is 0 Å². The summed E-state index contributed by atoms with van der Waals surface area (Å²) in [5.74, 6) is 0.854. The van der Waals surface area contributed by atoms with Gasteiger partial charge in [0.25, 0.3) is 0 Å². The van der Waals surface area contributed by atoms with Crippen molar-refractivity contribution in [2.45, 2.75) is 19.5 Å². The standard InChI is InChI=1S/C13H17N3O/c1-11(14)12-4-2-5-13(10-12)17-9-8-16-7-3-6-15-16/h2-7,10-11H,8-9,14H2,1H3. The van der Waals surface area contributed by atoms with E-state index in [-0.39, 0.29) is 6.04 Å². The van der Waals surface area contributed by atoms with Crippen LogP contribution in [0.4, 0.5) is 0 Å². The number of aromatic nitrogens is 2. The summed E-state index contributed by atoms with van der Waals surface area (Å²) in [6, 6.07) is 9.82. The molecule has 17 heavy (non-hydrogen) atoms. The molecule has 4 nitrogen and oxygen atoms in total. The Morgan fingerprint density at radius 2 is 2.29 bits per heavy atom. The number of hydrogen-bond acceptors (Lipinski definition) is 3. The number of benzene rings is 1. The lowest BCUT2D eigenvalue weighted by Crippen LogP contribution is -2.09. The first-order chi connectivity index (χ1) is 8.25. The van der Waals surface area contributed by atoms with Gasteiger partial charge in [-0.25, -0.2) is 0 Å². The summed E-state index contributed by atoms with van der Waals surface area (Å²) in [5, 5.41) is 4.11. The molecule has 1 heterocycles. The Balaban J connectivity index is 1.88. The zero-order valence-corrected chi connectivity index (χ0v) is 9.91. The summed E-state index contributed by atoms with van der Waals surface area (Å²) < 4.78 is 7.50. The molecule has 1 aromatic heterocycles. The topological polar surface area (TPSA) is 53.1 Å². The van der Waals surface area contributed by atoms with Gasteiger partial charge in [-0.3, -0.25) is 4.68 Å². The van der Waals surface area contributed by atoms with Gasteiger partial charge in [0.15, 0.2) is 0 Å². The molecule has 0 radical (unpaired) electrons. The summed E-state index contributed by atoms with van der Waals surface area (Å²) in [7, 11) is 0. The SMILES string of the molecule is CC(N)c1cccc(OCCn2cccn2)c1. The highest BCUT2D eigenvalue weighted by molar-refractivity contribution is 5.30. The zero-order chi connectivity index (χ0) is 12.1. The minimum absolute atomic E-state index is 0.0321. The van der Waals surface area contributed by atoms with Gasteiger partial charge < -0.3 is 10.5 Å². The molecule has 2 rings (SSSR count). The van der Waals surface area contributed by atoms with Gasteiger partial charge in [-0.05, 0) is 30.7 Å². The molecule has 1 atom stereocenters. The van der Waals surface area contributed by atoms with Crippen LogP contribution in [0.1, 0.15) is 18.5 Å². The van der Waals surface area contributed by atoms with Crippen molar-refractivity contribution >= 4 is 0 Å². The molecule has 2 N–H and O–H groups in total. The number of nitrogens with two attached hydrogens (primary N) is 1. The van der Waals surface area contributed by atoms with E-state index in [1.54, 1.807) is 6.20 Å². The van der Waals surface area contributed by atoms with Gasteiger partial charge in [0, 0.05) is 18.4 Å². The van der Waals surface area contributed by atoms with Gasteiger partial charge in [-0.1, -0.05) is 12.1 Å². The third-order valence-corrected chi connectivity index (χ3v) is 2.53. The van der Waals surface area contributed by atoms with Crippen molar-refractivity contribution in [2.24, 2.45) is 5.73 Å². The van der Waals surface area contributed by atoms with Gasteiger partial charge in [0.2, 0.25) is 0 Å². The molecule has 1 unspecified atom stereocenters. The van der Waals surface area contributed by atoms with Crippen LogP contribution in [-0.2, 0) is 6.54 Å². The van der Waals surface area contributed by atoms with Crippen LogP contribution in [0.5, 0.6) is 5.75 Å². The average molecular weight is 231 g/mol. The first kappa shape index (κ1) is 11.7. The number of rotatable bonds is 5. The van der Waals surface area contributed by atoms with Gasteiger partial charge in [-0.2, -0.15) is 5.10 Å². The fourth-order valence-electron chi connectivity index (χ4n) is 1.58. The van der Waals surface area contributed by atoms with Gasteiger partial charge in [0.1, 0.15) is 12.4 Å². The van der Waals surface area contributed by atoms with Crippen LogP contribution in [0, 0.1) is 0 Å². The molecule has 0 aliphatic heterocycles. The first-order valence-electron chi connectivity index (χ1n) is 5.71. The van der Waals surface area contributed by atoms with Crippen molar-refractivity contribution in [3.63, 3.8) is 0 Å². The average Bonchev–Trinajstić information content (AvgIpc) is 2.82. The van der Waals surface area contributed by atoms with E-state index < -0.39 is 0 Å². The smallest absolute Gasteiger partial charge is 0.119 e. The summed E-state index contributed by atoms with van der Waals surface area (Å²) in [5.41, 5.74) is 6.90. The molecule has 0 aliphatic rings. The molecular formula is C13H17N3O. The predicted octanol–water partition coefficient (Wildman–Crippen LogP) is 1.98. The van der Waals surface area contributed by atoms with E-state index in [4.69, 9.17) is 10.5 Å². The molecule has 2 aromatic rings. The third kappa shape index (κ3) is 3.32. The molecule has 90 valence electrons. The second-order valence-corrected chi connectivity index (χ2v) is 3.98. The number of nitrogens with zero attached hydrogens (tertiary/aromatic N) is 2. The largest absolute Gasteiger partial charge is 0.492 e. The molecule has 1 aromatic carbocycles. The normalized spacial score (nSPS) is 12.4. The number of ether oxygens (including phenoxy) is 1. The maximum Gasteiger partial charge on any atom is 0.119 e. The fraction of sp³-hybridized carbons (Fsp3) is 0.308. The molecule has 0 fully saturated rings. The lowest BCUT2D eigenvalue weighted by atomic mass is 10.1. The van der Waals surface area contributed by atoms with Gasteiger partial charge in [0.05, 0.1) is 6.54 Å². The van der Waals surface area contributed by atoms with Crippen LogP contribution >= 0.6 is 0 Å². The quantitative estimate of drug-likeness (QED) is 0.856. The van der Waals surface area contributed by atoms with E-state index in [0.717, 1.165) is 17.9 Å². The predicted molar refractivity (Wildman–Crippen MR) is 66.8 cm³/mol. The first-order valence-corrected chi connectivity index (χ1v) is 5.71. The van der Waals surface area contributed by atoms with E-state index in [9.17, 15) is 0 Å². The maximum absolute atomic E-state index is 5.82. The van der Waals surface area contributed by atoms with Gasteiger partial charge in [-0.15, -0.1) is 0 Å². The summed E-state index contributed by atoms with van der Waals surface area (Å²) in [6.07, 6.45) is 3.68. The summed E-state index contributed by atoms with van der Waals surface area (Å²) in [6.45, 7) is 3.31. The Labute approximate surface area is 101 Å². The van der Waals surface area contributed by atoms with Crippen LogP contribution in [0.15, 0.2) is 42.7 Å². The minimum atomic E-state index is 0.0321. The highest BCUT2D eigenvalue weighted by atomic mass is 16.5. The van der Waals surface area contributed by atoms with E-state index in [1.165, 1.54) is 0 Å². The van der Waals surface area contributed by atoms with Crippen molar-refractivity contribution in [3.8, 4) is 5.75 Å². The molecule has 0 saturated carbocycles. The molecule has 0 spiro atoms. The van der Waals surface area contributed by atoms with Crippen molar-refractivity contribution in [2.75, 3.05) is 6.61 Å². The molecule has 0 aliphatic carbocycles. The number of hydrogen-bond donors (Lipinski definition) is 1. The monoisotopic (exact) mass is 231 g/mol. The van der Waals surface area contributed by atoms with E-state index in [2.05, 4.69) is 5.10 Å². The second kappa shape index (κ2) is 5.50. The van der Waals surface area contributed by atoms with Crippen LogP contribution in [0.25, 0.3) is 0 Å². The molecular weight excluding hydrogens is 214 g/mol. The van der Waals surface area contributed by atoms with Crippen molar-refractivity contribution in [1.29, 1.82) is 0 Å². The second-order valence-electron chi connectivity index (χ2n) is 3.98. The lowest BCUT2D eigenvalue weighted by Gasteiger charge is -2.10. The molecule has 0 bridgehead atoms. The Morgan fingerprint density at radius 3 is 3.00 bits per heavy atom. The molecule has 4 heteroatoms. The van der Waals surface area contributed by atoms with Gasteiger partial charge >= 0.3 is 0 Å². The highest BCUT2D eigenvalue weighted by Gasteiger charge is 2.01. The van der Waals surface area contributed by atoms with Crippen LogP contribution in [-0.4, -0.2) is 16.4 Å². The summed E-state index contributed by atoms with van der Waals surface area (Å²) >= 11 is 0. The van der Waals surface area contributed by atoms with Crippen molar-refractivity contribution in [1.82, 2.24) is 9.78 Å². The van der Waals surface area contributed by atoms with Crippen LogP contribution in [0.2, 0.25) is 0 Å². The summed E-state index contributed by atoms with van der Waals surface area (Å²) in [4.78, 5) is 0. The Hall–Kier alpha value is -1.81. The van der Waals surface area contributed by atoms with Crippen molar-refractivity contribution < 1.29 is 4.74 Å². The Kier molecular flexibility index (Phi) is 3.77.